The van der Waals surface area contributed by atoms with E-state index in [0.717, 1.165) is 0 Å². The summed E-state index contributed by atoms with van der Waals surface area (Å²) in [4.78, 5) is 37.7. The maximum Gasteiger partial charge on any atom is 0.162 e. The average Bonchev–Trinajstić information content (AvgIpc) is 2.60. The van der Waals surface area contributed by atoms with E-state index in [1.165, 1.54) is 7.11 Å². The number of hydrogen-bond acceptors (Lipinski definition) is 5. The van der Waals surface area contributed by atoms with Crippen molar-refractivity contribution in [3.8, 4) is 5.75 Å². The Labute approximate surface area is 146 Å². The lowest BCUT2D eigenvalue weighted by Gasteiger charge is -2.32. The maximum atomic E-state index is 12.6. The molecule has 0 saturated heterocycles. The first-order valence-corrected chi connectivity index (χ1v) is 8.67. The van der Waals surface area contributed by atoms with E-state index < -0.39 is 11.8 Å². The van der Waals surface area contributed by atoms with Crippen molar-refractivity contribution in [1.82, 2.24) is 0 Å². The second-order valence-corrected chi connectivity index (χ2v) is 6.66. The van der Waals surface area contributed by atoms with E-state index in [4.69, 9.17) is 4.74 Å². The molecule has 0 aliphatic heterocycles. The van der Waals surface area contributed by atoms with Gasteiger partial charge in [0, 0.05) is 37.2 Å². The SMILES string of the molecule is COc1cccc([C@@H](C2=C(O)CCCC2=O)C2C(=O)CCCC2=O)c1. The molecule has 1 saturated carbocycles. The van der Waals surface area contributed by atoms with Crippen molar-refractivity contribution in [3.05, 3.63) is 41.2 Å². The summed E-state index contributed by atoms with van der Waals surface area (Å²) in [6.07, 6.45) is 2.54. The highest BCUT2D eigenvalue weighted by Crippen LogP contribution is 2.42. The Bertz CT molecular complexity index is 730. The number of ether oxygens (including phenoxy) is 1. The zero-order valence-electron chi connectivity index (χ0n) is 14.3. The molecule has 0 spiro atoms. The van der Waals surface area contributed by atoms with Crippen LogP contribution in [0, 0.1) is 5.92 Å². The summed E-state index contributed by atoms with van der Waals surface area (Å²) < 4.78 is 5.25. The van der Waals surface area contributed by atoms with Crippen LogP contribution in [-0.4, -0.2) is 29.6 Å². The Morgan fingerprint density at radius 3 is 2.36 bits per heavy atom. The summed E-state index contributed by atoms with van der Waals surface area (Å²) in [5.41, 5.74) is 0.887. The molecular weight excluding hydrogens is 320 g/mol. The third kappa shape index (κ3) is 3.36. The van der Waals surface area contributed by atoms with Gasteiger partial charge in [-0.3, -0.25) is 14.4 Å². The van der Waals surface area contributed by atoms with Crippen molar-refractivity contribution in [2.75, 3.05) is 7.11 Å². The fraction of sp³-hybridized carbons (Fsp3) is 0.450. The van der Waals surface area contributed by atoms with Crippen molar-refractivity contribution in [3.63, 3.8) is 0 Å². The Kier molecular flexibility index (Phi) is 5.02. The van der Waals surface area contributed by atoms with E-state index >= 15 is 0 Å². The minimum Gasteiger partial charge on any atom is -0.512 e. The van der Waals surface area contributed by atoms with Gasteiger partial charge in [0.2, 0.25) is 0 Å². The number of hydrogen-bond donors (Lipinski definition) is 1. The van der Waals surface area contributed by atoms with Crippen LogP contribution in [0.4, 0.5) is 0 Å². The highest BCUT2D eigenvalue weighted by atomic mass is 16.5. The summed E-state index contributed by atoms with van der Waals surface area (Å²) in [7, 11) is 1.54. The first-order valence-electron chi connectivity index (χ1n) is 8.67. The van der Waals surface area contributed by atoms with Crippen molar-refractivity contribution in [2.45, 2.75) is 44.4 Å². The number of rotatable bonds is 4. The van der Waals surface area contributed by atoms with Gasteiger partial charge >= 0.3 is 0 Å². The van der Waals surface area contributed by atoms with Gasteiger partial charge in [-0.2, -0.15) is 0 Å². The predicted molar refractivity (Wildman–Crippen MR) is 91.6 cm³/mol. The van der Waals surface area contributed by atoms with E-state index in [1.807, 2.05) is 0 Å². The van der Waals surface area contributed by atoms with E-state index in [0.29, 0.717) is 49.8 Å². The normalized spacial score (nSPS) is 20.8. The van der Waals surface area contributed by atoms with E-state index in [2.05, 4.69) is 0 Å². The van der Waals surface area contributed by atoms with E-state index in [9.17, 15) is 19.5 Å². The molecule has 0 radical (unpaired) electrons. The van der Waals surface area contributed by atoms with Gasteiger partial charge in [-0.1, -0.05) is 12.1 Å². The van der Waals surface area contributed by atoms with Gasteiger partial charge in [0.05, 0.1) is 18.8 Å². The summed E-state index contributed by atoms with van der Waals surface area (Å²) in [5.74, 6) is -1.52. The quantitative estimate of drug-likeness (QED) is 0.849. The molecule has 1 aromatic rings. The standard InChI is InChI=1S/C20H22O5/c1-25-13-6-2-5-12(11-13)18(19-14(21)7-3-8-15(19)22)20-16(23)9-4-10-17(20)24/h2,5-6,11,18-19,23H,3-4,7-10H2,1H3/t18-/m1/s1. The Hall–Kier alpha value is -2.43. The lowest BCUT2D eigenvalue weighted by Crippen LogP contribution is -2.37. The fourth-order valence-electron chi connectivity index (χ4n) is 3.86. The van der Waals surface area contributed by atoms with Gasteiger partial charge < -0.3 is 9.84 Å². The molecule has 132 valence electrons. The molecule has 2 aliphatic rings. The summed E-state index contributed by atoms with van der Waals surface area (Å²) in [6.45, 7) is 0. The first kappa shape index (κ1) is 17.4. The molecule has 0 amide bonds. The van der Waals surface area contributed by atoms with Crippen LogP contribution in [0.3, 0.4) is 0 Å². The fourth-order valence-corrected chi connectivity index (χ4v) is 3.86. The van der Waals surface area contributed by atoms with Crippen LogP contribution >= 0.6 is 0 Å². The molecule has 1 fully saturated rings. The molecule has 2 aliphatic carbocycles. The smallest absolute Gasteiger partial charge is 0.162 e. The largest absolute Gasteiger partial charge is 0.512 e. The van der Waals surface area contributed by atoms with Crippen molar-refractivity contribution in [2.24, 2.45) is 5.92 Å². The molecule has 0 bridgehead atoms. The topological polar surface area (TPSA) is 80.7 Å². The Morgan fingerprint density at radius 2 is 1.72 bits per heavy atom. The monoisotopic (exact) mass is 342 g/mol. The number of carbonyl (C=O) groups excluding carboxylic acids is 3. The van der Waals surface area contributed by atoms with Crippen LogP contribution in [0.15, 0.2) is 35.6 Å². The molecule has 1 atom stereocenters. The van der Waals surface area contributed by atoms with Gasteiger partial charge in [-0.25, -0.2) is 0 Å². The van der Waals surface area contributed by atoms with Gasteiger partial charge in [-0.15, -0.1) is 0 Å². The highest BCUT2D eigenvalue weighted by Gasteiger charge is 2.42. The molecule has 5 heteroatoms. The molecule has 1 N–H and O–H groups in total. The minimum atomic E-state index is -0.903. The van der Waals surface area contributed by atoms with Crippen LogP contribution in [-0.2, 0) is 14.4 Å². The summed E-state index contributed by atoms with van der Waals surface area (Å²) in [6, 6.07) is 7.05. The number of allylic oxidation sites excluding steroid dienone is 2. The van der Waals surface area contributed by atoms with Gasteiger partial charge in [0.15, 0.2) is 5.78 Å². The number of Topliss-reactive ketones (excluding diaryl/α,β-unsaturated/α-hetero) is 3. The lowest BCUT2D eigenvalue weighted by molar-refractivity contribution is -0.136. The number of benzene rings is 1. The molecular formula is C20H22O5. The first-order chi connectivity index (χ1) is 12.0. The number of carbonyl (C=O) groups is 3. The molecule has 3 rings (SSSR count). The van der Waals surface area contributed by atoms with Gasteiger partial charge in [0.25, 0.3) is 0 Å². The molecule has 25 heavy (non-hydrogen) atoms. The summed E-state index contributed by atoms with van der Waals surface area (Å²) >= 11 is 0. The van der Waals surface area contributed by atoms with Gasteiger partial charge in [0.1, 0.15) is 17.3 Å². The Balaban J connectivity index is 2.15. The minimum absolute atomic E-state index is 0.00948. The zero-order valence-corrected chi connectivity index (χ0v) is 14.3. The number of aliphatic hydroxyl groups is 1. The number of aliphatic hydroxyl groups excluding tert-OH is 1. The third-order valence-electron chi connectivity index (χ3n) is 5.07. The summed E-state index contributed by atoms with van der Waals surface area (Å²) in [5, 5.41) is 10.4. The molecule has 0 heterocycles. The maximum absolute atomic E-state index is 12.6. The number of ketones is 3. The van der Waals surface area contributed by atoms with Crippen LogP contribution < -0.4 is 4.74 Å². The van der Waals surface area contributed by atoms with Crippen LogP contribution in [0.5, 0.6) is 5.75 Å². The van der Waals surface area contributed by atoms with Gasteiger partial charge in [-0.05, 0) is 30.5 Å². The molecule has 0 aromatic heterocycles. The number of methoxy groups -OCH3 is 1. The van der Waals surface area contributed by atoms with Crippen molar-refractivity contribution in [1.29, 1.82) is 0 Å². The molecule has 1 aromatic carbocycles. The third-order valence-corrected chi connectivity index (χ3v) is 5.07. The van der Waals surface area contributed by atoms with Crippen LogP contribution in [0.1, 0.15) is 50.0 Å². The average molecular weight is 342 g/mol. The molecule has 0 unspecified atom stereocenters. The second kappa shape index (κ2) is 7.21. The van der Waals surface area contributed by atoms with E-state index in [1.54, 1.807) is 24.3 Å². The van der Waals surface area contributed by atoms with Crippen molar-refractivity contribution < 1.29 is 24.2 Å². The second-order valence-electron chi connectivity index (χ2n) is 6.66. The Morgan fingerprint density at radius 1 is 1.04 bits per heavy atom. The highest BCUT2D eigenvalue weighted by molar-refractivity contribution is 6.08. The zero-order chi connectivity index (χ0) is 18.0. The van der Waals surface area contributed by atoms with Crippen molar-refractivity contribution >= 4 is 17.3 Å². The molecule has 5 nitrogen and oxygen atoms in total. The van der Waals surface area contributed by atoms with Crippen LogP contribution in [0.25, 0.3) is 0 Å². The predicted octanol–water partition coefficient (Wildman–Crippen LogP) is 3.28. The van der Waals surface area contributed by atoms with Crippen LogP contribution in [0.2, 0.25) is 0 Å². The van der Waals surface area contributed by atoms with E-state index in [-0.39, 0.29) is 28.7 Å². The lowest BCUT2D eigenvalue weighted by atomic mass is 9.69.